The molecule has 0 amide bonds. The average molecular weight is 532 g/mol. The molecule has 2 aromatic carbocycles. The maximum atomic E-state index is 13.6. The number of aromatic nitrogens is 2. The lowest BCUT2D eigenvalue weighted by Crippen LogP contribution is -2.12. The van der Waals surface area contributed by atoms with Gasteiger partial charge in [0.05, 0.1) is 14.6 Å². The van der Waals surface area contributed by atoms with Crippen molar-refractivity contribution in [3.05, 3.63) is 82.2 Å². The Balaban J connectivity index is 1.87. The van der Waals surface area contributed by atoms with Crippen LogP contribution in [0.15, 0.2) is 78.0 Å². The van der Waals surface area contributed by atoms with Gasteiger partial charge in [-0.1, -0.05) is 42.5 Å². The number of hydrogen-bond donors (Lipinski definition) is 0. The zero-order valence-electron chi connectivity index (χ0n) is 16.6. The molecule has 0 fully saturated rings. The standard InChI is InChI=1S/C23H21IN2O3S/c1-28-23(29-2)19-12-8-7-11-18(19)16-13-20-21(24)15-26(22(20)25-14-16)30(3,27)17-9-5-4-6-10-17/h4-15,23H,3H2,1-2H3. The second-order valence-corrected chi connectivity index (χ2v) is 10.0. The Morgan fingerprint density at radius 2 is 1.73 bits per heavy atom. The highest BCUT2D eigenvalue weighted by Gasteiger charge is 2.19. The van der Waals surface area contributed by atoms with Crippen molar-refractivity contribution in [3.8, 4) is 11.1 Å². The van der Waals surface area contributed by atoms with Crippen LogP contribution in [0.2, 0.25) is 0 Å². The summed E-state index contributed by atoms with van der Waals surface area (Å²) in [5, 5.41) is 0.918. The fourth-order valence-electron chi connectivity index (χ4n) is 3.48. The van der Waals surface area contributed by atoms with Crippen LogP contribution < -0.4 is 0 Å². The highest BCUT2D eigenvalue weighted by molar-refractivity contribution is 14.1. The van der Waals surface area contributed by atoms with Gasteiger partial charge < -0.3 is 9.47 Å². The molecule has 2 aromatic heterocycles. The molecule has 0 saturated heterocycles. The van der Waals surface area contributed by atoms with E-state index in [1.165, 1.54) is 0 Å². The molecule has 4 rings (SSSR count). The number of hydrogen-bond acceptors (Lipinski definition) is 4. The van der Waals surface area contributed by atoms with E-state index in [-0.39, 0.29) is 0 Å². The van der Waals surface area contributed by atoms with Crippen molar-refractivity contribution in [1.82, 2.24) is 8.96 Å². The fraction of sp³-hybridized carbons (Fsp3) is 0.130. The summed E-state index contributed by atoms with van der Waals surface area (Å²) in [6.07, 6.45) is 3.16. The minimum Gasteiger partial charge on any atom is -0.352 e. The largest absolute Gasteiger partial charge is 0.352 e. The molecule has 1 unspecified atom stereocenters. The van der Waals surface area contributed by atoms with Gasteiger partial charge in [0.25, 0.3) is 0 Å². The van der Waals surface area contributed by atoms with Crippen LogP contribution in [0.3, 0.4) is 0 Å². The Morgan fingerprint density at radius 3 is 2.43 bits per heavy atom. The predicted octanol–water partition coefficient (Wildman–Crippen LogP) is 5.14. The summed E-state index contributed by atoms with van der Waals surface area (Å²) in [6.45, 7) is 0. The van der Waals surface area contributed by atoms with E-state index in [9.17, 15) is 4.21 Å². The van der Waals surface area contributed by atoms with Gasteiger partial charge in [-0.05, 0) is 52.2 Å². The molecule has 2 heterocycles. The van der Waals surface area contributed by atoms with Crippen LogP contribution in [0.25, 0.3) is 22.2 Å². The Morgan fingerprint density at radius 1 is 1.07 bits per heavy atom. The van der Waals surface area contributed by atoms with E-state index in [4.69, 9.17) is 9.47 Å². The van der Waals surface area contributed by atoms with Gasteiger partial charge in [0.15, 0.2) is 11.9 Å². The zero-order chi connectivity index (χ0) is 21.3. The van der Waals surface area contributed by atoms with Crippen LogP contribution >= 0.6 is 22.6 Å². The lowest BCUT2D eigenvalue weighted by molar-refractivity contribution is -0.105. The molecule has 0 spiro atoms. The number of nitrogens with zero attached hydrogens (tertiary/aromatic N) is 2. The normalized spacial score (nSPS) is 13.6. The minimum atomic E-state index is -2.74. The van der Waals surface area contributed by atoms with E-state index in [0.29, 0.717) is 10.5 Å². The Bertz CT molecular complexity index is 1300. The molecule has 0 radical (unpaired) electrons. The fourth-order valence-corrected chi connectivity index (χ4v) is 5.85. The molecule has 154 valence electrons. The molecule has 30 heavy (non-hydrogen) atoms. The molecule has 0 aliphatic heterocycles. The summed E-state index contributed by atoms with van der Waals surface area (Å²) < 4.78 is 27.1. The van der Waals surface area contributed by atoms with Crippen molar-refractivity contribution < 1.29 is 13.7 Å². The van der Waals surface area contributed by atoms with E-state index in [1.807, 2.05) is 60.8 Å². The van der Waals surface area contributed by atoms with Gasteiger partial charge in [-0.15, -0.1) is 0 Å². The molecule has 1 atom stereocenters. The van der Waals surface area contributed by atoms with Gasteiger partial charge in [-0.25, -0.2) is 9.19 Å². The number of fused-ring (bicyclic) bond motifs is 1. The monoisotopic (exact) mass is 532 g/mol. The smallest absolute Gasteiger partial charge is 0.183 e. The lowest BCUT2D eigenvalue weighted by atomic mass is 10.00. The first-order chi connectivity index (χ1) is 14.5. The Hall–Kier alpha value is -2.20. The third kappa shape index (κ3) is 3.66. The zero-order valence-corrected chi connectivity index (χ0v) is 19.6. The van der Waals surface area contributed by atoms with Gasteiger partial charge in [0.1, 0.15) is 0 Å². The molecular weight excluding hydrogens is 511 g/mol. The number of benzene rings is 2. The Kier molecular flexibility index (Phi) is 5.97. The van der Waals surface area contributed by atoms with Crippen LogP contribution in [0.1, 0.15) is 11.9 Å². The molecule has 5 nitrogen and oxygen atoms in total. The molecule has 0 N–H and O–H groups in total. The van der Waals surface area contributed by atoms with Crippen LogP contribution in [0.4, 0.5) is 0 Å². The predicted molar refractivity (Wildman–Crippen MR) is 130 cm³/mol. The topological polar surface area (TPSA) is 53.4 Å². The molecule has 0 aliphatic rings. The maximum absolute atomic E-state index is 13.6. The molecule has 7 heteroatoms. The van der Waals surface area contributed by atoms with Gasteiger partial charge >= 0.3 is 0 Å². The summed E-state index contributed by atoms with van der Waals surface area (Å²) in [6, 6.07) is 19.2. The van der Waals surface area contributed by atoms with Crippen molar-refractivity contribution in [1.29, 1.82) is 0 Å². The van der Waals surface area contributed by atoms with Gasteiger partial charge in [0, 0.05) is 46.7 Å². The summed E-state index contributed by atoms with van der Waals surface area (Å²) >= 11 is 2.25. The second-order valence-electron chi connectivity index (χ2n) is 6.74. The van der Waals surface area contributed by atoms with Crippen LogP contribution in [0.5, 0.6) is 0 Å². The SMILES string of the molecule is C=S(=O)(c1ccccc1)n1cc(I)c2cc(-c3ccccc3C(OC)OC)cnc21. The number of ether oxygens (including phenoxy) is 2. The highest BCUT2D eigenvalue weighted by atomic mass is 127. The van der Waals surface area contributed by atoms with Crippen molar-refractivity contribution in [2.75, 3.05) is 14.2 Å². The number of rotatable bonds is 6. The summed E-state index contributed by atoms with van der Waals surface area (Å²) in [7, 11) is 0.488. The second kappa shape index (κ2) is 8.50. The third-order valence-corrected chi connectivity index (χ3v) is 7.73. The van der Waals surface area contributed by atoms with Gasteiger partial charge in [-0.3, -0.25) is 3.97 Å². The first-order valence-corrected chi connectivity index (χ1v) is 12.0. The van der Waals surface area contributed by atoms with E-state index in [2.05, 4.69) is 39.5 Å². The van der Waals surface area contributed by atoms with Crippen LogP contribution in [-0.2, 0) is 19.2 Å². The van der Waals surface area contributed by atoms with Gasteiger partial charge in [0.2, 0.25) is 0 Å². The van der Waals surface area contributed by atoms with E-state index < -0.39 is 16.0 Å². The first kappa shape index (κ1) is 21.0. The van der Waals surface area contributed by atoms with Crippen LogP contribution in [0, 0.1) is 3.57 Å². The molecule has 0 saturated carbocycles. The number of halogens is 1. The van der Waals surface area contributed by atoms with Crippen molar-refractivity contribution in [3.63, 3.8) is 0 Å². The van der Waals surface area contributed by atoms with Crippen molar-refractivity contribution in [2.24, 2.45) is 0 Å². The van der Waals surface area contributed by atoms with Gasteiger partial charge in [-0.2, -0.15) is 0 Å². The quantitative estimate of drug-likeness (QED) is 0.196. The lowest BCUT2D eigenvalue weighted by Gasteiger charge is -2.18. The third-order valence-electron chi connectivity index (χ3n) is 4.95. The van der Waals surface area contributed by atoms with E-state index in [0.717, 1.165) is 25.6 Å². The summed E-state index contributed by atoms with van der Waals surface area (Å²) in [5.74, 6) is 4.03. The average Bonchev–Trinajstić information content (AvgIpc) is 3.12. The molecule has 0 aliphatic carbocycles. The number of methoxy groups -OCH3 is 2. The van der Waals surface area contributed by atoms with Crippen molar-refractivity contribution >= 4 is 49.2 Å². The first-order valence-electron chi connectivity index (χ1n) is 9.21. The molecule has 0 bridgehead atoms. The maximum Gasteiger partial charge on any atom is 0.183 e. The molecule has 4 aromatic rings. The highest BCUT2D eigenvalue weighted by Crippen LogP contribution is 2.33. The Labute approximate surface area is 189 Å². The van der Waals surface area contributed by atoms with Crippen molar-refractivity contribution in [2.45, 2.75) is 11.2 Å². The minimum absolute atomic E-state index is 0.475. The van der Waals surface area contributed by atoms with E-state index >= 15 is 0 Å². The van der Waals surface area contributed by atoms with Crippen LogP contribution in [-0.4, -0.2) is 33.3 Å². The number of pyridine rings is 1. The van der Waals surface area contributed by atoms with E-state index in [1.54, 1.807) is 24.4 Å². The summed E-state index contributed by atoms with van der Waals surface area (Å²) in [5.41, 5.74) is 3.47. The summed E-state index contributed by atoms with van der Waals surface area (Å²) in [4.78, 5) is 5.34. The molecular formula is C23H21IN2O3S.